The smallest absolute Gasteiger partial charge is 0.246 e. The molecule has 0 unspecified atom stereocenters. The van der Waals surface area contributed by atoms with Crippen molar-refractivity contribution in [2.75, 3.05) is 48.8 Å². The number of carbonyl (C=O) groups is 1. The number of fused-ring (bicyclic) bond motifs is 1. The fraction of sp³-hybridized carbons (Fsp3) is 0.381. The average Bonchev–Trinajstić information content (AvgIpc) is 2.79. The molecule has 1 amide bonds. The average molecular weight is 448 g/mol. The second kappa shape index (κ2) is 8.97. The van der Waals surface area contributed by atoms with E-state index in [2.05, 4.69) is 16.3 Å². The highest BCUT2D eigenvalue weighted by Gasteiger charge is 2.28. The fourth-order valence-electron chi connectivity index (χ4n) is 3.63. The lowest BCUT2D eigenvalue weighted by Gasteiger charge is -2.35. The Morgan fingerprint density at radius 3 is 2.50 bits per heavy atom. The van der Waals surface area contributed by atoms with Crippen molar-refractivity contribution in [3.63, 3.8) is 0 Å². The standard InChI is InChI=1S/C21H25N3O4S2/c1-16(24-12-15-29-20-5-3-2-4-19(20)24)21(25)22-17-6-8-18(9-7-17)30(26,27)23-10-13-28-14-11-23/h2-9,16H,10-15H2,1H3,(H,22,25)/t16-/m0/s1. The van der Waals surface area contributed by atoms with Gasteiger partial charge in [0.25, 0.3) is 0 Å². The molecule has 9 heteroatoms. The molecule has 1 saturated heterocycles. The highest BCUT2D eigenvalue weighted by molar-refractivity contribution is 7.99. The van der Waals surface area contributed by atoms with Crippen LogP contribution in [0.4, 0.5) is 11.4 Å². The van der Waals surface area contributed by atoms with Crippen LogP contribution in [0.1, 0.15) is 6.92 Å². The van der Waals surface area contributed by atoms with E-state index in [1.54, 1.807) is 23.9 Å². The lowest BCUT2D eigenvalue weighted by Crippen LogP contribution is -2.44. The number of ether oxygens (including phenoxy) is 1. The third-order valence-corrected chi connectivity index (χ3v) is 8.30. The summed E-state index contributed by atoms with van der Waals surface area (Å²) in [7, 11) is -3.54. The molecule has 4 rings (SSSR count). The first-order valence-corrected chi connectivity index (χ1v) is 12.4. The summed E-state index contributed by atoms with van der Waals surface area (Å²) < 4.78 is 32.1. The van der Waals surface area contributed by atoms with E-state index in [4.69, 9.17) is 4.74 Å². The number of para-hydroxylation sites is 1. The Bertz CT molecular complexity index is 1010. The van der Waals surface area contributed by atoms with Crippen molar-refractivity contribution in [3.8, 4) is 0 Å². The third-order valence-electron chi connectivity index (χ3n) is 5.34. The van der Waals surface area contributed by atoms with Crippen molar-refractivity contribution < 1.29 is 17.9 Å². The molecular formula is C21H25N3O4S2. The van der Waals surface area contributed by atoms with Gasteiger partial charge in [-0.15, -0.1) is 11.8 Å². The van der Waals surface area contributed by atoms with E-state index in [-0.39, 0.29) is 16.8 Å². The van der Waals surface area contributed by atoms with E-state index in [0.717, 1.165) is 18.0 Å². The summed E-state index contributed by atoms with van der Waals surface area (Å²) in [5, 5.41) is 2.91. The van der Waals surface area contributed by atoms with Crippen molar-refractivity contribution in [2.24, 2.45) is 0 Å². The molecule has 0 bridgehead atoms. The zero-order chi connectivity index (χ0) is 21.1. The molecule has 2 aliphatic rings. The van der Waals surface area contributed by atoms with E-state index in [9.17, 15) is 13.2 Å². The van der Waals surface area contributed by atoms with Crippen molar-refractivity contribution in [1.29, 1.82) is 0 Å². The number of anilines is 2. The molecule has 2 aromatic carbocycles. The number of carbonyl (C=O) groups excluding carboxylic acids is 1. The molecule has 1 N–H and O–H groups in total. The van der Waals surface area contributed by atoms with Gasteiger partial charge in [-0.1, -0.05) is 12.1 Å². The van der Waals surface area contributed by atoms with Crippen LogP contribution in [0.3, 0.4) is 0 Å². The highest BCUT2D eigenvalue weighted by atomic mass is 32.2. The van der Waals surface area contributed by atoms with Crippen molar-refractivity contribution in [2.45, 2.75) is 22.8 Å². The zero-order valence-electron chi connectivity index (χ0n) is 16.8. The van der Waals surface area contributed by atoms with Crippen LogP contribution in [0.2, 0.25) is 0 Å². The topological polar surface area (TPSA) is 79.0 Å². The summed E-state index contributed by atoms with van der Waals surface area (Å²) in [4.78, 5) is 16.4. The number of benzene rings is 2. The Kier molecular flexibility index (Phi) is 6.33. The lowest BCUT2D eigenvalue weighted by molar-refractivity contribution is -0.117. The molecule has 0 spiro atoms. The van der Waals surface area contributed by atoms with Gasteiger partial charge >= 0.3 is 0 Å². The van der Waals surface area contributed by atoms with Gasteiger partial charge in [0.05, 0.1) is 23.8 Å². The van der Waals surface area contributed by atoms with Crippen LogP contribution in [0.5, 0.6) is 0 Å². The van der Waals surface area contributed by atoms with Gasteiger partial charge < -0.3 is 15.0 Å². The molecular weight excluding hydrogens is 422 g/mol. The number of morpholine rings is 1. The molecule has 2 aliphatic heterocycles. The van der Waals surface area contributed by atoms with Crippen LogP contribution >= 0.6 is 11.8 Å². The number of amides is 1. The van der Waals surface area contributed by atoms with E-state index in [1.807, 2.05) is 25.1 Å². The Balaban J connectivity index is 1.44. The first-order chi connectivity index (χ1) is 14.5. The van der Waals surface area contributed by atoms with Gasteiger partial charge in [0.2, 0.25) is 15.9 Å². The largest absolute Gasteiger partial charge is 0.379 e. The van der Waals surface area contributed by atoms with Crippen LogP contribution in [-0.2, 0) is 19.6 Å². The summed E-state index contributed by atoms with van der Waals surface area (Å²) in [5.41, 5.74) is 1.65. The summed E-state index contributed by atoms with van der Waals surface area (Å²) in [6.07, 6.45) is 0. The van der Waals surface area contributed by atoms with Gasteiger partial charge in [-0.05, 0) is 43.3 Å². The quantitative estimate of drug-likeness (QED) is 0.759. The number of nitrogens with zero attached hydrogens (tertiary/aromatic N) is 2. The van der Waals surface area contributed by atoms with Crippen LogP contribution in [-0.4, -0.2) is 63.3 Å². The first kappa shape index (κ1) is 21.2. The van der Waals surface area contributed by atoms with Crippen LogP contribution in [0, 0.1) is 0 Å². The molecule has 1 atom stereocenters. The number of hydrogen-bond donors (Lipinski definition) is 1. The summed E-state index contributed by atoms with van der Waals surface area (Å²) in [6.45, 7) is 4.21. The minimum atomic E-state index is -3.54. The highest BCUT2D eigenvalue weighted by Crippen LogP contribution is 2.35. The van der Waals surface area contributed by atoms with E-state index in [1.165, 1.54) is 21.3 Å². The Morgan fingerprint density at radius 2 is 1.77 bits per heavy atom. The van der Waals surface area contributed by atoms with Gasteiger partial charge in [0, 0.05) is 36.0 Å². The van der Waals surface area contributed by atoms with Crippen molar-refractivity contribution >= 4 is 39.1 Å². The summed E-state index contributed by atoms with van der Waals surface area (Å²) >= 11 is 1.80. The van der Waals surface area contributed by atoms with E-state index < -0.39 is 10.0 Å². The molecule has 1 fully saturated rings. The molecule has 0 aromatic heterocycles. The first-order valence-electron chi connectivity index (χ1n) is 9.94. The normalized spacial score (nSPS) is 18.5. The van der Waals surface area contributed by atoms with Gasteiger partial charge in [-0.3, -0.25) is 4.79 Å². The predicted octanol–water partition coefficient (Wildman–Crippen LogP) is 2.65. The molecule has 0 aliphatic carbocycles. The molecule has 2 heterocycles. The number of hydrogen-bond acceptors (Lipinski definition) is 6. The SMILES string of the molecule is C[C@@H](C(=O)Nc1ccc(S(=O)(=O)N2CCOCC2)cc1)N1CCSc2ccccc21. The number of nitrogens with one attached hydrogen (secondary N) is 1. The molecule has 0 radical (unpaired) electrons. The molecule has 0 saturated carbocycles. The Labute approximate surface area is 181 Å². The third kappa shape index (κ3) is 4.34. The van der Waals surface area contributed by atoms with Crippen molar-refractivity contribution in [3.05, 3.63) is 48.5 Å². The van der Waals surface area contributed by atoms with Gasteiger partial charge in [-0.2, -0.15) is 4.31 Å². The summed E-state index contributed by atoms with van der Waals surface area (Å²) in [5.74, 6) is 0.809. The minimum absolute atomic E-state index is 0.125. The molecule has 30 heavy (non-hydrogen) atoms. The van der Waals surface area contributed by atoms with Gasteiger partial charge in [-0.25, -0.2) is 8.42 Å². The maximum Gasteiger partial charge on any atom is 0.246 e. The maximum atomic E-state index is 12.9. The Hall–Kier alpha value is -2.07. The number of rotatable bonds is 5. The Morgan fingerprint density at radius 1 is 1.07 bits per heavy atom. The van der Waals surface area contributed by atoms with Gasteiger partial charge in [0.15, 0.2) is 0 Å². The summed E-state index contributed by atoms with van der Waals surface area (Å²) in [6, 6.07) is 14.1. The van der Waals surface area contributed by atoms with Crippen LogP contribution < -0.4 is 10.2 Å². The minimum Gasteiger partial charge on any atom is -0.379 e. The van der Waals surface area contributed by atoms with E-state index in [0.29, 0.717) is 32.0 Å². The number of thioether (sulfide) groups is 1. The number of sulfonamides is 1. The maximum absolute atomic E-state index is 12.9. The lowest BCUT2D eigenvalue weighted by atomic mass is 10.2. The monoisotopic (exact) mass is 447 g/mol. The predicted molar refractivity (Wildman–Crippen MR) is 119 cm³/mol. The van der Waals surface area contributed by atoms with Crippen LogP contribution in [0.25, 0.3) is 0 Å². The molecule has 2 aromatic rings. The molecule has 7 nitrogen and oxygen atoms in total. The van der Waals surface area contributed by atoms with E-state index >= 15 is 0 Å². The fourth-order valence-corrected chi connectivity index (χ4v) is 6.05. The second-order valence-electron chi connectivity index (χ2n) is 7.22. The van der Waals surface area contributed by atoms with Crippen LogP contribution in [0.15, 0.2) is 58.3 Å². The molecule has 160 valence electrons. The second-order valence-corrected chi connectivity index (χ2v) is 10.3. The van der Waals surface area contributed by atoms with Crippen molar-refractivity contribution in [1.82, 2.24) is 4.31 Å². The van der Waals surface area contributed by atoms with Gasteiger partial charge in [0.1, 0.15) is 6.04 Å². The zero-order valence-corrected chi connectivity index (χ0v) is 18.4.